The van der Waals surface area contributed by atoms with Gasteiger partial charge < -0.3 is 0 Å². The second-order valence-corrected chi connectivity index (χ2v) is 6.75. The molecule has 1 saturated carbocycles. The standard InChI is InChI=1S/C21H20/c1-21(2)19-17(15-9-5-3-6-10-15)13-14-18(20(19)21)16-11-7-4-8-12-16/h3-14,19-20H,1-2H3/t19-,20+. The van der Waals surface area contributed by atoms with Crippen LogP contribution >= 0.6 is 0 Å². The summed E-state index contributed by atoms with van der Waals surface area (Å²) in [6, 6.07) is 21.7. The predicted molar refractivity (Wildman–Crippen MR) is 89.6 cm³/mol. The summed E-state index contributed by atoms with van der Waals surface area (Å²) in [6.45, 7) is 4.81. The van der Waals surface area contributed by atoms with Crippen molar-refractivity contribution in [1.29, 1.82) is 0 Å². The molecule has 0 nitrogen and oxygen atoms in total. The Bertz CT molecular complexity index is 654. The summed E-state index contributed by atoms with van der Waals surface area (Å²) in [7, 11) is 0. The molecule has 2 aliphatic carbocycles. The third-order valence-electron chi connectivity index (χ3n) is 5.15. The zero-order valence-electron chi connectivity index (χ0n) is 12.6. The molecule has 0 bridgehead atoms. The van der Waals surface area contributed by atoms with E-state index in [0.717, 1.165) is 0 Å². The highest BCUT2D eigenvalue weighted by Crippen LogP contribution is 2.69. The summed E-state index contributed by atoms with van der Waals surface area (Å²) in [5.41, 5.74) is 6.12. The van der Waals surface area contributed by atoms with E-state index in [1.165, 1.54) is 22.3 Å². The molecule has 4 rings (SSSR count). The molecule has 0 aromatic heterocycles. The summed E-state index contributed by atoms with van der Waals surface area (Å²) in [4.78, 5) is 0. The van der Waals surface area contributed by atoms with Gasteiger partial charge in [0, 0.05) is 0 Å². The van der Waals surface area contributed by atoms with Crippen LogP contribution in [0.1, 0.15) is 25.0 Å². The Morgan fingerprint density at radius 2 is 1.00 bits per heavy atom. The van der Waals surface area contributed by atoms with Gasteiger partial charge in [0.15, 0.2) is 0 Å². The maximum atomic E-state index is 2.40. The molecule has 0 aliphatic heterocycles. The third-order valence-corrected chi connectivity index (χ3v) is 5.15. The monoisotopic (exact) mass is 272 g/mol. The highest BCUT2D eigenvalue weighted by Gasteiger charge is 2.61. The van der Waals surface area contributed by atoms with E-state index in [-0.39, 0.29) is 0 Å². The van der Waals surface area contributed by atoms with Crippen LogP contribution < -0.4 is 0 Å². The minimum Gasteiger partial charge on any atom is -0.0622 e. The highest BCUT2D eigenvalue weighted by molar-refractivity contribution is 5.86. The number of allylic oxidation sites excluding steroid dienone is 4. The van der Waals surface area contributed by atoms with Gasteiger partial charge in [-0.3, -0.25) is 0 Å². The van der Waals surface area contributed by atoms with E-state index in [4.69, 9.17) is 0 Å². The fourth-order valence-electron chi connectivity index (χ4n) is 4.00. The van der Waals surface area contributed by atoms with Crippen molar-refractivity contribution in [3.8, 4) is 0 Å². The van der Waals surface area contributed by atoms with Crippen molar-refractivity contribution < 1.29 is 0 Å². The third kappa shape index (κ3) is 1.90. The molecule has 104 valence electrons. The lowest BCUT2D eigenvalue weighted by Crippen LogP contribution is -1.97. The average Bonchev–Trinajstić information content (AvgIpc) is 3.12. The van der Waals surface area contributed by atoms with Crippen molar-refractivity contribution in [3.63, 3.8) is 0 Å². The lowest BCUT2D eigenvalue weighted by molar-refractivity contribution is 0.594. The molecule has 0 amide bonds. The van der Waals surface area contributed by atoms with E-state index < -0.39 is 0 Å². The van der Waals surface area contributed by atoms with Crippen molar-refractivity contribution in [2.45, 2.75) is 13.8 Å². The van der Waals surface area contributed by atoms with E-state index in [0.29, 0.717) is 17.3 Å². The number of hydrogen-bond donors (Lipinski definition) is 0. The van der Waals surface area contributed by atoms with E-state index in [9.17, 15) is 0 Å². The van der Waals surface area contributed by atoms with Gasteiger partial charge in [-0.05, 0) is 39.5 Å². The Balaban J connectivity index is 1.80. The Morgan fingerprint density at radius 1 is 0.619 bits per heavy atom. The van der Waals surface area contributed by atoms with E-state index >= 15 is 0 Å². The first-order chi connectivity index (χ1) is 10.2. The SMILES string of the molecule is CC1(C)[C@@H]2C(c3ccccc3)=CC=C(c3ccccc3)[C@@H]21. The number of hydrogen-bond acceptors (Lipinski definition) is 0. The van der Waals surface area contributed by atoms with Gasteiger partial charge >= 0.3 is 0 Å². The molecular weight excluding hydrogens is 252 g/mol. The first-order valence-corrected chi connectivity index (χ1v) is 7.72. The van der Waals surface area contributed by atoms with Crippen LogP contribution in [0.3, 0.4) is 0 Å². The Morgan fingerprint density at radius 3 is 1.38 bits per heavy atom. The first kappa shape index (κ1) is 12.6. The Kier molecular flexibility index (Phi) is 2.68. The molecule has 2 aliphatic rings. The van der Waals surface area contributed by atoms with Gasteiger partial charge in [-0.1, -0.05) is 86.7 Å². The highest BCUT2D eigenvalue weighted by atomic mass is 14.6. The summed E-state index contributed by atoms with van der Waals surface area (Å²) >= 11 is 0. The molecule has 0 spiro atoms. The van der Waals surface area contributed by atoms with Crippen LogP contribution in [0, 0.1) is 17.3 Å². The van der Waals surface area contributed by atoms with Gasteiger partial charge in [0.05, 0.1) is 0 Å². The first-order valence-electron chi connectivity index (χ1n) is 7.72. The van der Waals surface area contributed by atoms with Gasteiger partial charge in [0.2, 0.25) is 0 Å². The molecule has 0 heteroatoms. The molecule has 2 atom stereocenters. The molecule has 2 aromatic carbocycles. The van der Waals surface area contributed by atoms with Crippen LogP contribution in [0.4, 0.5) is 0 Å². The molecule has 1 fully saturated rings. The molecule has 0 radical (unpaired) electrons. The maximum absolute atomic E-state index is 2.40. The van der Waals surface area contributed by atoms with Gasteiger partial charge in [0.25, 0.3) is 0 Å². The van der Waals surface area contributed by atoms with Crippen molar-refractivity contribution in [1.82, 2.24) is 0 Å². The molecule has 0 unspecified atom stereocenters. The second-order valence-electron chi connectivity index (χ2n) is 6.75. The minimum atomic E-state index is 0.361. The lowest BCUT2D eigenvalue weighted by atomic mass is 9.90. The van der Waals surface area contributed by atoms with Crippen molar-refractivity contribution in [3.05, 3.63) is 83.9 Å². The molecule has 2 aromatic rings. The molecule has 0 N–H and O–H groups in total. The number of fused-ring (bicyclic) bond motifs is 1. The summed E-state index contributed by atoms with van der Waals surface area (Å²) in [5, 5.41) is 0. The van der Waals surface area contributed by atoms with Crippen LogP contribution in [0.2, 0.25) is 0 Å². The Hall–Kier alpha value is -2.08. The Labute approximate surface area is 126 Å². The van der Waals surface area contributed by atoms with Crippen LogP contribution in [0.15, 0.2) is 72.8 Å². The van der Waals surface area contributed by atoms with Gasteiger partial charge in [-0.25, -0.2) is 0 Å². The van der Waals surface area contributed by atoms with Crippen molar-refractivity contribution in [2.24, 2.45) is 17.3 Å². The number of benzene rings is 2. The van der Waals surface area contributed by atoms with E-state index in [1.54, 1.807) is 0 Å². The largest absolute Gasteiger partial charge is 0.0622 e. The molecule has 0 heterocycles. The zero-order valence-corrected chi connectivity index (χ0v) is 12.6. The fraction of sp³-hybridized carbons (Fsp3) is 0.238. The quantitative estimate of drug-likeness (QED) is 0.683. The second kappa shape index (κ2) is 4.46. The van der Waals surface area contributed by atoms with Gasteiger partial charge in [-0.15, -0.1) is 0 Å². The summed E-state index contributed by atoms with van der Waals surface area (Å²) < 4.78 is 0. The molecule has 0 saturated heterocycles. The number of rotatable bonds is 2. The van der Waals surface area contributed by atoms with Crippen LogP contribution in [0.5, 0.6) is 0 Å². The van der Waals surface area contributed by atoms with Crippen LogP contribution in [-0.4, -0.2) is 0 Å². The molecular formula is C21H20. The smallest absolute Gasteiger partial charge is 0.00242 e. The zero-order chi connectivity index (χ0) is 14.4. The van der Waals surface area contributed by atoms with E-state index in [1.807, 2.05) is 0 Å². The average molecular weight is 272 g/mol. The normalized spacial score (nSPS) is 25.6. The van der Waals surface area contributed by atoms with Gasteiger partial charge in [0.1, 0.15) is 0 Å². The fourth-order valence-corrected chi connectivity index (χ4v) is 4.00. The predicted octanol–water partition coefficient (Wildman–Crippen LogP) is 5.44. The maximum Gasteiger partial charge on any atom is -0.00242 e. The lowest BCUT2D eigenvalue weighted by Gasteiger charge is -2.14. The van der Waals surface area contributed by atoms with Crippen LogP contribution in [-0.2, 0) is 0 Å². The molecule has 21 heavy (non-hydrogen) atoms. The van der Waals surface area contributed by atoms with Crippen molar-refractivity contribution >= 4 is 11.1 Å². The van der Waals surface area contributed by atoms with Crippen LogP contribution in [0.25, 0.3) is 11.1 Å². The minimum absolute atomic E-state index is 0.361. The summed E-state index contributed by atoms with van der Waals surface area (Å²) in [6.07, 6.45) is 4.68. The topological polar surface area (TPSA) is 0 Å². The van der Waals surface area contributed by atoms with E-state index in [2.05, 4.69) is 86.7 Å². The summed E-state index contributed by atoms with van der Waals surface area (Å²) in [5.74, 6) is 1.31. The van der Waals surface area contributed by atoms with Crippen molar-refractivity contribution in [2.75, 3.05) is 0 Å². The van der Waals surface area contributed by atoms with Gasteiger partial charge in [-0.2, -0.15) is 0 Å².